The molecule has 0 aromatic carbocycles. The fourth-order valence-corrected chi connectivity index (χ4v) is 2.88. The molecule has 0 aromatic rings. The highest BCUT2D eigenvalue weighted by Crippen LogP contribution is 2.16. The van der Waals surface area contributed by atoms with Crippen molar-refractivity contribution in [2.45, 2.75) is 27.7 Å². The minimum absolute atomic E-state index is 0.608. The molecule has 0 unspecified atom stereocenters. The van der Waals surface area contributed by atoms with E-state index in [2.05, 4.69) is 40.0 Å². The Morgan fingerprint density at radius 3 is 0.738 bits per heavy atom. The molecule has 0 aromatic heterocycles. The molecular weight excluding hydrogens is 673 g/mol. The van der Waals surface area contributed by atoms with Crippen LogP contribution >= 0.6 is 71.3 Å². The number of amides is 4. The quantitative estimate of drug-likeness (QED) is 0.0924. The summed E-state index contributed by atoms with van der Waals surface area (Å²) < 4.78 is 4.40. The van der Waals surface area contributed by atoms with Crippen molar-refractivity contribution < 1.29 is 38.5 Å². The van der Waals surface area contributed by atoms with Crippen molar-refractivity contribution in [1.29, 1.82) is 0 Å². The van der Waals surface area contributed by atoms with Gasteiger partial charge in [0.15, 0.2) is 0 Å². The summed E-state index contributed by atoms with van der Waals surface area (Å²) in [5.41, 5.74) is 0. The molecule has 0 aliphatic carbocycles. The van der Waals surface area contributed by atoms with Crippen LogP contribution in [-0.4, -0.2) is 115 Å². The molecule has 4 amide bonds. The van der Waals surface area contributed by atoms with Crippen LogP contribution in [0.1, 0.15) is 27.7 Å². The lowest BCUT2D eigenvalue weighted by molar-refractivity contribution is 0.129. The van der Waals surface area contributed by atoms with Crippen LogP contribution in [0.2, 0.25) is 0 Å². The number of carbonyl (C=O) groups is 4. The Hall–Kier alpha value is -2.14. The summed E-state index contributed by atoms with van der Waals surface area (Å²) in [6.07, 6.45) is 4.40. The predicted molar refractivity (Wildman–Crippen MR) is 179 cm³/mol. The molecule has 16 nitrogen and oxygen atoms in total. The number of oxime groups is 4. The minimum atomic E-state index is -0.711. The third-order valence-corrected chi connectivity index (χ3v) is 7.95. The Balaban J connectivity index is 0. The van der Waals surface area contributed by atoms with Crippen molar-refractivity contribution in [3.05, 3.63) is 0 Å². The van der Waals surface area contributed by atoms with Crippen molar-refractivity contribution >= 4 is 116 Å². The Morgan fingerprint density at radius 2 is 0.595 bits per heavy atom. The van der Waals surface area contributed by atoms with E-state index in [-0.39, 0.29) is 0 Å². The number of thioether (sulfide) groups is 4. The molecule has 0 N–H and O–H groups in total. The fraction of sp³-hybridized carbons (Fsp3) is 0.600. The smallest absolute Gasteiger partial charge is 0.296 e. The average Bonchev–Trinajstić information content (AvgIpc) is 2.98. The largest absolute Gasteiger partial charge is 0.447 e. The highest BCUT2D eigenvalue weighted by Gasteiger charge is 2.20. The molecule has 0 aliphatic heterocycles. The summed E-state index contributed by atoms with van der Waals surface area (Å²) in [6, 6.07) is 0. The van der Waals surface area contributed by atoms with Crippen LogP contribution in [0.4, 0.5) is 19.2 Å². The monoisotopic (exact) mass is 708 g/mol. The third kappa shape index (κ3) is 20.7. The van der Waals surface area contributed by atoms with E-state index in [1.807, 2.05) is 25.0 Å². The highest BCUT2D eigenvalue weighted by atomic mass is 32.2. The molecule has 0 aliphatic rings. The van der Waals surface area contributed by atoms with E-state index >= 15 is 0 Å². The van der Waals surface area contributed by atoms with E-state index < -0.39 is 24.4 Å². The Bertz CT molecular complexity index is 863. The summed E-state index contributed by atoms with van der Waals surface area (Å²) in [6.45, 7) is 6.84. The normalized spacial score (nSPS) is 11.9. The maximum absolute atomic E-state index is 11.6. The van der Waals surface area contributed by atoms with Crippen LogP contribution < -0.4 is 0 Å². The van der Waals surface area contributed by atoms with Crippen LogP contribution in [0.3, 0.4) is 0 Å². The zero-order chi connectivity index (χ0) is 32.8. The van der Waals surface area contributed by atoms with Crippen molar-refractivity contribution in [3.63, 3.8) is 0 Å². The molecule has 0 bridgehead atoms. The first kappa shape index (κ1) is 42.0. The second kappa shape index (κ2) is 24.3. The van der Waals surface area contributed by atoms with Crippen LogP contribution in [0.5, 0.6) is 0 Å². The van der Waals surface area contributed by atoms with E-state index in [0.29, 0.717) is 20.2 Å². The van der Waals surface area contributed by atoms with Gasteiger partial charge in [-0.15, -0.1) is 47.0 Å². The molecule has 0 spiro atoms. The van der Waals surface area contributed by atoms with Crippen molar-refractivity contribution in [3.8, 4) is 0 Å². The van der Waals surface area contributed by atoms with Gasteiger partial charge < -0.3 is 0 Å². The second-order valence-corrected chi connectivity index (χ2v) is 13.4. The summed E-state index contributed by atoms with van der Waals surface area (Å²) in [5, 5.41) is 16.8. The topological polar surface area (TPSA) is 168 Å². The number of carbonyl (C=O) groups excluding carboxylic acids is 4. The minimum Gasteiger partial charge on any atom is -0.296 e. The molecule has 0 heterocycles. The van der Waals surface area contributed by atoms with Gasteiger partial charge in [0.05, 0.1) is 24.3 Å². The van der Waals surface area contributed by atoms with Crippen LogP contribution in [0.15, 0.2) is 20.6 Å². The van der Waals surface area contributed by atoms with Crippen molar-refractivity contribution in [1.82, 2.24) is 17.2 Å². The number of hydrogen-bond donors (Lipinski definition) is 0. The summed E-state index contributed by atoms with van der Waals surface area (Å²) in [4.78, 5) is 65.1. The first-order valence-electron chi connectivity index (χ1n) is 11.1. The summed E-state index contributed by atoms with van der Waals surface area (Å²) in [7, 11) is 5.77. The van der Waals surface area contributed by atoms with Crippen LogP contribution in [0.25, 0.3) is 0 Å². The SMILES string of the molecule is CS/C(C)=N\OC(=O)N(C)SN(C)C(=O)O/N=C(/C)SC.CS/C(C)=N\OC(=O)N(C)SN(C)C(=O)O/N=C(/C)SC. The number of nitrogens with zero attached hydrogens (tertiary/aromatic N) is 8. The second-order valence-electron chi connectivity index (χ2n) is 6.84. The molecule has 0 fully saturated rings. The first-order chi connectivity index (χ1) is 19.6. The van der Waals surface area contributed by atoms with Gasteiger partial charge in [0.2, 0.25) is 0 Å². The van der Waals surface area contributed by atoms with E-state index in [1.165, 1.54) is 75.2 Å². The highest BCUT2D eigenvalue weighted by molar-refractivity contribution is 8.14. The summed E-state index contributed by atoms with van der Waals surface area (Å²) >= 11 is 7.02. The van der Waals surface area contributed by atoms with Gasteiger partial charge in [-0.05, 0) is 52.7 Å². The summed E-state index contributed by atoms with van der Waals surface area (Å²) in [5.74, 6) is 0. The molecular formula is C20H36N8O8S6. The lowest BCUT2D eigenvalue weighted by Gasteiger charge is -2.19. The maximum atomic E-state index is 11.6. The van der Waals surface area contributed by atoms with Gasteiger partial charge in [-0.3, -0.25) is 19.4 Å². The third-order valence-electron chi connectivity index (χ3n) is 3.71. The van der Waals surface area contributed by atoms with Crippen molar-refractivity contribution in [2.24, 2.45) is 20.6 Å². The Morgan fingerprint density at radius 1 is 0.429 bits per heavy atom. The molecule has 0 radical (unpaired) electrons. The molecule has 0 saturated carbocycles. The van der Waals surface area contributed by atoms with E-state index in [0.717, 1.165) is 41.5 Å². The molecule has 42 heavy (non-hydrogen) atoms. The van der Waals surface area contributed by atoms with Crippen LogP contribution in [0, 0.1) is 0 Å². The van der Waals surface area contributed by atoms with Gasteiger partial charge in [-0.1, -0.05) is 20.6 Å². The Kier molecular flexibility index (Phi) is 24.3. The van der Waals surface area contributed by atoms with Gasteiger partial charge in [-0.25, -0.2) is 36.4 Å². The molecule has 240 valence electrons. The van der Waals surface area contributed by atoms with E-state index in [9.17, 15) is 19.2 Å². The van der Waals surface area contributed by atoms with Gasteiger partial charge in [0, 0.05) is 28.2 Å². The van der Waals surface area contributed by atoms with Gasteiger partial charge >= 0.3 is 24.4 Å². The fourth-order valence-electron chi connectivity index (χ4n) is 1.29. The number of rotatable bonds is 8. The molecule has 22 heteroatoms. The van der Waals surface area contributed by atoms with Gasteiger partial charge in [0.25, 0.3) is 0 Å². The van der Waals surface area contributed by atoms with Gasteiger partial charge in [0.1, 0.15) is 20.2 Å². The Labute approximate surface area is 271 Å². The lowest BCUT2D eigenvalue weighted by Crippen LogP contribution is -2.28. The zero-order valence-corrected chi connectivity index (χ0v) is 30.2. The van der Waals surface area contributed by atoms with Crippen LogP contribution in [-0.2, 0) is 19.4 Å². The average molecular weight is 709 g/mol. The van der Waals surface area contributed by atoms with Gasteiger partial charge in [-0.2, -0.15) is 0 Å². The number of hydrogen-bond acceptors (Lipinski definition) is 18. The first-order valence-corrected chi connectivity index (χ1v) is 17.5. The predicted octanol–water partition coefficient (Wildman–Crippen LogP) is 6.16. The van der Waals surface area contributed by atoms with Crippen molar-refractivity contribution in [2.75, 3.05) is 53.2 Å². The zero-order valence-electron chi connectivity index (χ0n) is 25.3. The van der Waals surface area contributed by atoms with E-state index in [4.69, 9.17) is 0 Å². The maximum Gasteiger partial charge on any atom is 0.447 e. The lowest BCUT2D eigenvalue weighted by atomic mass is 10.9. The molecule has 0 rings (SSSR count). The molecule has 0 atom stereocenters. The van der Waals surface area contributed by atoms with E-state index in [1.54, 1.807) is 27.7 Å². The molecule has 0 saturated heterocycles. The standard InChI is InChI=1S/2C10H18N4O4S3/c2*1-7(19-5)11-17-9(15)13(3)21-14(4)10(16)18-12-8(2)20-6/h2*1-6H3/b2*11-7-,12-8-.